The largest absolute Gasteiger partial charge is 0.398 e. The van der Waals surface area contributed by atoms with Crippen LogP contribution in [0.4, 0.5) is 5.69 Å². The van der Waals surface area contributed by atoms with Gasteiger partial charge in [-0.1, -0.05) is 19.9 Å². The van der Waals surface area contributed by atoms with Gasteiger partial charge in [0.05, 0.1) is 6.10 Å². The normalized spacial score (nSPS) is 13.1. The fraction of sp³-hybridized carbons (Fsp3) is 0.538. The Morgan fingerprint density at radius 2 is 1.94 bits per heavy atom. The molecular weight excluding hydrogens is 280 g/mol. The summed E-state index contributed by atoms with van der Waals surface area (Å²) in [4.78, 5) is 2.20. The van der Waals surface area contributed by atoms with Crippen LogP contribution in [-0.4, -0.2) is 29.6 Å². The molecule has 0 spiro atoms. The Balaban J connectivity index is 2.85. The number of benzene rings is 1. The maximum Gasteiger partial charge on any atom is 0.0917 e. The summed E-state index contributed by atoms with van der Waals surface area (Å²) in [5.41, 5.74) is 8.51. The third-order valence-corrected chi connectivity index (χ3v) is 3.73. The molecule has 0 bridgehead atoms. The van der Waals surface area contributed by atoms with E-state index in [1.807, 2.05) is 19.1 Å². The zero-order valence-electron chi connectivity index (χ0n) is 10.7. The van der Waals surface area contributed by atoms with Gasteiger partial charge in [0.2, 0.25) is 0 Å². The summed E-state index contributed by atoms with van der Waals surface area (Å²) in [5.74, 6) is 0. The van der Waals surface area contributed by atoms with E-state index in [1.165, 1.54) is 0 Å². The van der Waals surface area contributed by atoms with Crippen LogP contribution in [0.15, 0.2) is 16.6 Å². The lowest BCUT2D eigenvalue weighted by molar-refractivity contribution is 0.119. The number of hydrogen-bond donors (Lipinski definition) is 2. The average Bonchev–Trinajstić information content (AvgIpc) is 2.31. The molecule has 0 aliphatic rings. The van der Waals surface area contributed by atoms with Crippen molar-refractivity contribution in [3.05, 3.63) is 27.7 Å². The molecule has 1 aromatic carbocycles. The van der Waals surface area contributed by atoms with E-state index in [4.69, 9.17) is 5.73 Å². The van der Waals surface area contributed by atoms with Gasteiger partial charge < -0.3 is 15.7 Å². The van der Waals surface area contributed by atoms with Crippen molar-refractivity contribution < 1.29 is 5.11 Å². The van der Waals surface area contributed by atoms with E-state index in [-0.39, 0.29) is 0 Å². The minimum Gasteiger partial charge on any atom is -0.398 e. The second-order valence-corrected chi connectivity index (χ2v) is 5.09. The maximum absolute atomic E-state index is 10.2. The molecule has 96 valence electrons. The minimum atomic E-state index is -0.467. The molecule has 3 nitrogen and oxygen atoms in total. The Labute approximate surface area is 112 Å². The number of aryl methyl sites for hydroxylation is 1. The van der Waals surface area contributed by atoms with E-state index < -0.39 is 6.10 Å². The van der Waals surface area contributed by atoms with Crippen molar-refractivity contribution in [2.24, 2.45) is 0 Å². The van der Waals surface area contributed by atoms with Crippen LogP contribution in [0.3, 0.4) is 0 Å². The molecule has 0 aliphatic heterocycles. The van der Waals surface area contributed by atoms with E-state index in [0.717, 1.165) is 34.4 Å². The van der Waals surface area contributed by atoms with Gasteiger partial charge in [-0.2, -0.15) is 0 Å². The molecule has 1 unspecified atom stereocenters. The number of aliphatic hydroxyl groups excluding tert-OH is 1. The zero-order valence-corrected chi connectivity index (χ0v) is 12.3. The zero-order chi connectivity index (χ0) is 13.0. The second kappa shape index (κ2) is 6.38. The van der Waals surface area contributed by atoms with Crippen molar-refractivity contribution in [1.82, 2.24) is 4.90 Å². The molecule has 0 saturated heterocycles. The first-order chi connectivity index (χ1) is 7.99. The maximum atomic E-state index is 10.2. The lowest BCUT2D eigenvalue weighted by Crippen LogP contribution is -2.28. The van der Waals surface area contributed by atoms with Gasteiger partial charge in [0.15, 0.2) is 0 Å². The Bertz CT molecular complexity index is 355. The average molecular weight is 301 g/mol. The Kier molecular flexibility index (Phi) is 5.43. The van der Waals surface area contributed by atoms with Crippen LogP contribution in [0, 0.1) is 6.92 Å². The summed E-state index contributed by atoms with van der Waals surface area (Å²) in [7, 11) is 0. The van der Waals surface area contributed by atoms with Gasteiger partial charge in [-0.05, 0) is 53.1 Å². The molecule has 0 radical (unpaired) electrons. The molecule has 0 aromatic heterocycles. The monoisotopic (exact) mass is 300 g/mol. The van der Waals surface area contributed by atoms with Crippen molar-refractivity contribution in [3.8, 4) is 0 Å². The van der Waals surface area contributed by atoms with Gasteiger partial charge >= 0.3 is 0 Å². The third-order valence-electron chi connectivity index (χ3n) is 3.07. The Hall–Kier alpha value is -0.580. The lowest BCUT2D eigenvalue weighted by atomic mass is 10.0. The van der Waals surface area contributed by atoms with Crippen LogP contribution in [0.5, 0.6) is 0 Å². The highest BCUT2D eigenvalue weighted by Crippen LogP contribution is 2.28. The van der Waals surface area contributed by atoms with Crippen LogP contribution >= 0.6 is 15.9 Å². The number of nitrogens with two attached hydrogens (primary N) is 1. The molecule has 1 rings (SSSR count). The first-order valence-corrected chi connectivity index (χ1v) is 6.74. The van der Waals surface area contributed by atoms with E-state index in [0.29, 0.717) is 6.54 Å². The van der Waals surface area contributed by atoms with Gasteiger partial charge in [0.1, 0.15) is 0 Å². The molecule has 1 aromatic rings. The summed E-state index contributed by atoms with van der Waals surface area (Å²) in [6.07, 6.45) is -0.467. The van der Waals surface area contributed by atoms with Gasteiger partial charge in [0.25, 0.3) is 0 Å². The van der Waals surface area contributed by atoms with Crippen molar-refractivity contribution in [2.45, 2.75) is 26.9 Å². The Morgan fingerprint density at radius 1 is 1.35 bits per heavy atom. The van der Waals surface area contributed by atoms with Crippen LogP contribution in [-0.2, 0) is 0 Å². The quantitative estimate of drug-likeness (QED) is 0.822. The van der Waals surface area contributed by atoms with Crippen molar-refractivity contribution in [3.63, 3.8) is 0 Å². The number of likely N-dealkylation sites (N-methyl/N-ethyl adjacent to an activating group) is 1. The highest BCUT2D eigenvalue weighted by Gasteiger charge is 2.13. The van der Waals surface area contributed by atoms with Crippen molar-refractivity contribution in [1.29, 1.82) is 0 Å². The van der Waals surface area contributed by atoms with E-state index >= 15 is 0 Å². The van der Waals surface area contributed by atoms with Crippen molar-refractivity contribution in [2.75, 3.05) is 25.4 Å². The molecule has 0 amide bonds. The van der Waals surface area contributed by atoms with Crippen LogP contribution in [0.1, 0.15) is 31.1 Å². The van der Waals surface area contributed by atoms with Crippen LogP contribution < -0.4 is 5.73 Å². The molecule has 0 fully saturated rings. The van der Waals surface area contributed by atoms with E-state index in [1.54, 1.807) is 0 Å². The van der Waals surface area contributed by atoms with Gasteiger partial charge in [-0.25, -0.2) is 0 Å². The summed E-state index contributed by atoms with van der Waals surface area (Å²) in [5, 5.41) is 10.2. The number of rotatable bonds is 5. The van der Waals surface area contributed by atoms with Crippen molar-refractivity contribution >= 4 is 21.6 Å². The third kappa shape index (κ3) is 3.69. The molecule has 1 atom stereocenters. The number of halogens is 1. The molecule has 0 aliphatic carbocycles. The summed E-state index contributed by atoms with van der Waals surface area (Å²) < 4.78 is 0.853. The standard InChI is InChI=1S/C13H21BrN2O/c1-4-16(5-2)8-12(17)10-6-9(3)13(15)11(14)7-10/h6-7,12,17H,4-5,8,15H2,1-3H3. The van der Waals surface area contributed by atoms with Gasteiger partial charge in [-0.3, -0.25) is 0 Å². The highest BCUT2D eigenvalue weighted by atomic mass is 79.9. The summed E-state index contributed by atoms with van der Waals surface area (Å²) >= 11 is 3.42. The first-order valence-electron chi connectivity index (χ1n) is 5.95. The molecular formula is C13H21BrN2O. The molecule has 17 heavy (non-hydrogen) atoms. The van der Waals surface area contributed by atoms with Crippen LogP contribution in [0.25, 0.3) is 0 Å². The topological polar surface area (TPSA) is 49.5 Å². The van der Waals surface area contributed by atoms with Gasteiger partial charge in [-0.15, -0.1) is 0 Å². The molecule has 4 heteroatoms. The van der Waals surface area contributed by atoms with E-state index in [9.17, 15) is 5.11 Å². The summed E-state index contributed by atoms with van der Waals surface area (Å²) in [6, 6.07) is 3.85. The smallest absolute Gasteiger partial charge is 0.0917 e. The molecule has 0 heterocycles. The Morgan fingerprint density at radius 3 is 2.41 bits per heavy atom. The molecule has 0 saturated carbocycles. The number of nitrogen functional groups attached to an aromatic ring is 1. The number of nitrogens with zero attached hydrogens (tertiary/aromatic N) is 1. The number of aliphatic hydroxyl groups is 1. The predicted molar refractivity (Wildman–Crippen MR) is 76.0 cm³/mol. The fourth-order valence-electron chi connectivity index (χ4n) is 1.81. The second-order valence-electron chi connectivity index (χ2n) is 4.23. The number of hydrogen-bond acceptors (Lipinski definition) is 3. The van der Waals surface area contributed by atoms with Crippen LogP contribution in [0.2, 0.25) is 0 Å². The summed E-state index contributed by atoms with van der Waals surface area (Å²) in [6.45, 7) is 8.70. The first kappa shape index (κ1) is 14.5. The molecule has 3 N–H and O–H groups in total. The highest BCUT2D eigenvalue weighted by molar-refractivity contribution is 9.10. The minimum absolute atomic E-state index is 0.467. The fourth-order valence-corrected chi connectivity index (χ4v) is 2.38. The lowest BCUT2D eigenvalue weighted by Gasteiger charge is -2.22. The predicted octanol–water partition coefficient (Wildman–Crippen LogP) is 2.71. The SMILES string of the molecule is CCN(CC)CC(O)c1cc(C)c(N)c(Br)c1. The number of anilines is 1. The van der Waals surface area contributed by atoms with E-state index in [2.05, 4.69) is 34.7 Å². The van der Waals surface area contributed by atoms with Gasteiger partial charge in [0, 0.05) is 16.7 Å².